The highest BCUT2D eigenvalue weighted by molar-refractivity contribution is 5.97. The van der Waals surface area contributed by atoms with Crippen LogP contribution in [0.2, 0.25) is 0 Å². The van der Waals surface area contributed by atoms with Crippen molar-refractivity contribution in [3.63, 3.8) is 0 Å². The predicted octanol–water partition coefficient (Wildman–Crippen LogP) is 4.51. The number of rotatable bonds is 6. The van der Waals surface area contributed by atoms with Crippen LogP contribution in [-0.2, 0) is 14.3 Å². The molecule has 5 heteroatoms. The summed E-state index contributed by atoms with van der Waals surface area (Å²) in [7, 11) is 1.20. The minimum absolute atomic E-state index is 0.143. The minimum Gasteiger partial charge on any atom is -0.465 e. The van der Waals surface area contributed by atoms with Crippen LogP contribution in [0.4, 0.5) is 0 Å². The van der Waals surface area contributed by atoms with Crippen molar-refractivity contribution < 1.29 is 19.1 Å². The highest BCUT2D eigenvalue weighted by Crippen LogP contribution is 2.18. The molecule has 0 saturated carbocycles. The Labute approximate surface area is 164 Å². The number of hydrogen-bond donors (Lipinski definition) is 0. The van der Waals surface area contributed by atoms with E-state index in [2.05, 4.69) is 18.6 Å². The van der Waals surface area contributed by atoms with E-state index in [1.54, 1.807) is 36.4 Å². The molecule has 0 aromatic heterocycles. The quantitative estimate of drug-likeness (QED) is 0.321. The van der Waals surface area contributed by atoms with E-state index in [0.29, 0.717) is 17.2 Å². The maximum atomic E-state index is 12.1. The average molecular weight is 375 g/mol. The first-order chi connectivity index (χ1) is 13.4. The Hall–Kier alpha value is -3.65. The van der Waals surface area contributed by atoms with Gasteiger partial charge in [-0.15, -0.1) is 0 Å². The van der Waals surface area contributed by atoms with Crippen molar-refractivity contribution in [3.05, 3.63) is 76.9 Å². The van der Waals surface area contributed by atoms with Crippen molar-refractivity contribution in [3.8, 4) is 11.8 Å². The number of ether oxygens (including phenoxy) is 2. The van der Waals surface area contributed by atoms with E-state index in [1.165, 1.54) is 24.8 Å². The molecular formula is C23H21NO4. The van der Waals surface area contributed by atoms with Gasteiger partial charge in [-0.2, -0.15) is 5.26 Å². The van der Waals surface area contributed by atoms with Crippen LogP contribution in [0.25, 0.3) is 12.2 Å². The van der Waals surface area contributed by atoms with Gasteiger partial charge in [-0.25, -0.2) is 9.59 Å². The lowest BCUT2D eigenvalue weighted by atomic mass is 10.0. The third-order valence-electron chi connectivity index (χ3n) is 3.93. The molecule has 0 fully saturated rings. The Kier molecular flexibility index (Phi) is 7.29. The Bertz CT molecular complexity index is 947. The minimum atomic E-state index is -0.726. The average Bonchev–Trinajstić information content (AvgIpc) is 2.70. The van der Waals surface area contributed by atoms with Crippen molar-refractivity contribution in [1.29, 1.82) is 5.26 Å². The second-order valence-corrected chi connectivity index (χ2v) is 6.31. The summed E-state index contributed by atoms with van der Waals surface area (Å²) in [4.78, 5) is 23.5. The van der Waals surface area contributed by atoms with Crippen LogP contribution >= 0.6 is 0 Å². The van der Waals surface area contributed by atoms with E-state index in [0.717, 1.165) is 5.56 Å². The number of nitrogens with zero attached hydrogens (tertiary/aromatic N) is 1. The van der Waals surface area contributed by atoms with Gasteiger partial charge in [-0.1, -0.05) is 50.2 Å². The van der Waals surface area contributed by atoms with Crippen molar-refractivity contribution in [2.45, 2.75) is 19.8 Å². The molecule has 0 saturated heterocycles. The first-order valence-corrected chi connectivity index (χ1v) is 8.73. The summed E-state index contributed by atoms with van der Waals surface area (Å²) in [5.41, 5.74) is 2.53. The van der Waals surface area contributed by atoms with Gasteiger partial charge in [0, 0.05) is 6.08 Å². The fourth-order valence-corrected chi connectivity index (χ4v) is 2.39. The summed E-state index contributed by atoms with van der Waals surface area (Å²) >= 11 is 0. The van der Waals surface area contributed by atoms with Crippen LogP contribution in [0.15, 0.2) is 60.2 Å². The molecule has 142 valence electrons. The third-order valence-corrected chi connectivity index (χ3v) is 3.93. The number of hydrogen-bond acceptors (Lipinski definition) is 5. The van der Waals surface area contributed by atoms with Crippen molar-refractivity contribution in [2.24, 2.45) is 0 Å². The molecular weight excluding hydrogens is 354 g/mol. The molecule has 0 aliphatic carbocycles. The van der Waals surface area contributed by atoms with Crippen LogP contribution in [0.5, 0.6) is 5.75 Å². The predicted molar refractivity (Wildman–Crippen MR) is 107 cm³/mol. The zero-order chi connectivity index (χ0) is 20.5. The molecule has 5 nitrogen and oxygen atoms in total. The lowest BCUT2D eigenvalue weighted by Crippen LogP contribution is -2.04. The van der Waals surface area contributed by atoms with Crippen molar-refractivity contribution in [1.82, 2.24) is 0 Å². The topological polar surface area (TPSA) is 76.4 Å². The third kappa shape index (κ3) is 5.96. The van der Waals surface area contributed by atoms with Crippen LogP contribution in [-0.4, -0.2) is 19.0 Å². The number of nitriles is 1. The van der Waals surface area contributed by atoms with Gasteiger partial charge in [0.2, 0.25) is 0 Å². The standard InChI is InChI=1S/C23H21NO4/c1-16(2)19-10-7-17(8-11-19)9-12-22(25)28-21-6-4-5-18(14-21)13-20(15-24)23(26)27-3/h4-14,16H,1-3H3/b12-9+,20-13+. The molecule has 0 amide bonds. The first-order valence-electron chi connectivity index (χ1n) is 8.73. The summed E-state index contributed by atoms with van der Waals surface area (Å²) < 4.78 is 9.83. The van der Waals surface area contributed by atoms with E-state index in [-0.39, 0.29) is 5.57 Å². The summed E-state index contributed by atoms with van der Waals surface area (Å²) in [6.45, 7) is 4.24. The number of carbonyl (C=O) groups is 2. The lowest BCUT2D eigenvalue weighted by Gasteiger charge is -2.05. The Morgan fingerprint density at radius 2 is 1.79 bits per heavy atom. The molecule has 0 unspecified atom stereocenters. The largest absolute Gasteiger partial charge is 0.465 e. The smallest absolute Gasteiger partial charge is 0.348 e. The zero-order valence-electron chi connectivity index (χ0n) is 16.0. The van der Waals surface area contributed by atoms with Crippen molar-refractivity contribution >= 4 is 24.1 Å². The van der Waals surface area contributed by atoms with Gasteiger partial charge in [0.1, 0.15) is 17.4 Å². The fraction of sp³-hybridized carbons (Fsp3) is 0.174. The van der Waals surface area contributed by atoms with Gasteiger partial charge in [0.25, 0.3) is 0 Å². The Balaban J connectivity index is 2.07. The number of benzene rings is 2. The summed E-state index contributed by atoms with van der Waals surface area (Å²) in [5.74, 6) is -0.496. The molecule has 0 spiro atoms. The molecule has 0 aliphatic heterocycles. The molecule has 0 aliphatic rings. The molecule has 0 radical (unpaired) electrons. The summed E-state index contributed by atoms with van der Waals surface area (Å²) in [6.07, 6.45) is 4.40. The van der Waals surface area contributed by atoms with E-state index >= 15 is 0 Å². The van der Waals surface area contributed by atoms with Gasteiger partial charge in [-0.3, -0.25) is 0 Å². The summed E-state index contributed by atoms with van der Waals surface area (Å²) in [5, 5.41) is 9.02. The monoisotopic (exact) mass is 375 g/mol. The van der Waals surface area contributed by atoms with E-state index in [4.69, 9.17) is 10.00 Å². The Morgan fingerprint density at radius 3 is 2.39 bits per heavy atom. The van der Waals surface area contributed by atoms with Gasteiger partial charge in [0.05, 0.1) is 7.11 Å². The molecule has 0 N–H and O–H groups in total. The maximum absolute atomic E-state index is 12.1. The van der Waals surface area contributed by atoms with Gasteiger partial charge in [-0.05, 0) is 46.9 Å². The second-order valence-electron chi connectivity index (χ2n) is 6.31. The molecule has 0 bridgehead atoms. The van der Waals surface area contributed by atoms with Crippen LogP contribution in [0.3, 0.4) is 0 Å². The van der Waals surface area contributed by atoms with Crippen LogP contribution < -0.4 is 4.74 Å². The molecule has 2 rings (SSSR count). The molecule has 28 heavy (non-hydrogen) atoms. The van der Waals surface area contributed by atoms with Gasteiger partial charge < -0.3 is 9.47 Å². The maximum Gasteiger partial charge on any atom is 0.348 e. The fourth-order valence-electron chi connectivity index (χ4n) is 2.39. The Morgan fingerprint density at radius 1 is 1.07 bits per heavy atom. The highest BCUT2D eigenvalue weighted by Gasteiger charge is 2.09. The summed E-state index contributed by atoms with van der Waals surface area (Å²) in [6, 6.07) is 16.2. The number of methoxy groups -OCH3 is 1. The van der Waals surface area contributed by atoms with Crippen molar-refractivity contribution in [2.75, 3.05) is 7.11 Å². The number of esters is 2. The highest BCUT2D eigenvalue weighted by atomic mass is 16.5. The second kappa shape index (κ2) is 9.89. The van der Waals surface area contributed by atoms with E-state index < -0.39 is 11.9 Å². The molecule has 0 heterocycles. The zero-order valence-corrected chi connectivity index (χ0v) is 16.0. The van der Waals surface area contributed by atoms with E-state index in [1.807, 2.05) is 24.3 Å². The number of carbonyl (C=O) groups excluding carboxylic acids is 2. The van der Waals surface area contributed by atoms with Gasteiger partial charge in [0.15, 0.2) is 0 Å². The molecule has 2 aromatic carbocycles. The molecule has 2 aromatic rings. The van der Waals surface area contributed by atoms with Crippen LogP contribution in [0, 0.1) is 11.3 Å². The molecule has 0 atom stereocenters. The van der Waals surface area contributed by atoms with E-state index in [9.17, 15) is 9.59 Å². The SMILES string of the molecule is COC(=O)/C(C#N)=C/c1cccc(OC(=O)/C=C/c2ccc(C(C)C)cc2)c1. The normalized spacial score (nSPS) is 11.3. The van der Waals surface area contributed by atoms with Crippen LogP contribution in [0.1, 0.15) is 36.5 Å². The lowest BCUT2D eigenvalue weighted by molar-refractivity contribution is -0.135. The van der Waals surface area contributed by atoms with Gasteiger partial charge >= 0.3 is 11.9 Å². The first kappa shape index (κ1) is 20.7.